The lowest BCUT2D eigenvalue weighted by atomic mass is 10.0. The highest BCUT2D eigenvalue weighted by Crippen LogP contribution is 2.33. The van der Waals surface area contributed by atoms with E-state index in [1.807, 2.05) is 48.2 Å². The smallest absolute Gasteiger partial charge is 0.256 e. The van der Waals surface area contributed by atoms with Crippen molar-refractivity contribution in [3.05, 3.63) is 58.9 Å². The molecule has 2 fully saturated rings. The van der Waals surface area contributed by atoms with E-state index >= 15 is 4.39 Å². The van der Waals surface area contributed by atoms with Crippen molar-refractivity contribution < 1.29 is 23.6 Å². The number of nitrogens with zero attached hydrogens (tertiary/aromatic N) is 4. The van der Waals surface area contributed by atoms with Crippen LogP contribution in [-0.4, -0.2) is 79.7 Å². The third kappa shape index (κ3) is 4.16. The van der Waals surface area contributed by atoms with Gasteiger partial charge in [-0.2, -0.15) is 0 Å². The van der Waals surface area contributed by atoms with Crippen molar-refractivity contribution in [1.82, 2.24) is 15.1 Å². The monoisotopic (exact) mass is 493 g/mol. The summed E-state index contributed by atoms with van der Waals surface area (Å²) >= 11 is 0. The van der Waals surface area contributed by atoms with Crippen molar-refractivity contribution in [1.29, 1.82) is 0 Å². The van der Waals surface area contributed by atoms with E-state index < -0.39 is 23.7 Å². The molecule has 0 aliphatic carbocycles. The molecule has 5 rings (SSSR count). The Morgan fingerprint density at radius 1 is 1.06 bits per heavy atom. The number of carbonyl (C=O) groups excluding carboxylic acids is 4. The fraction of sp³-hybridized carbons (Fsp3) is 0.385. The zero-order chi connectivity index (χ0) is 25.6. The van der Waals surface area contributed by atoms with Gasteiger partial charge in [0, 0.05) is 64.5 Å². The van der Waals surface area contributed by atoms with Crippen LogP contribution in [0.15, 0.2) is 36.4 Å². The lowest BCUT2D eigenvalue weighted by Gasteiger charge is -2.36. The van der Waals surface area contributed by atoms with Gasteiger partial charge in [0.2, 0.25) is 11.8 Å². The molecule has 2 aromatic carbocycles. The Hall–Kier alpha value is -3.95. The lowest BCUT2D eigenvalue weighted by Crippen LogP contribution is -2.52. The van der Waals surface area contributed by atoms with E-state index in [9.17, 15) is 19.2 Å². The normalized spacial score (nSPS) is 19.9. The van der Waals surface area contributed by atoms with Crippen LogP contribution < -0.4 is 15.1 Å². The topological polar surface area (TPSA) is 93.3 Å². The largest absolute Gasteiger partial charge is 0.377 e. The fourth-order valence-corrected chi connectivity index (χ4v) is 5.18. The molecule has 36 heavy (non-hydrogen) atoms. The van der Waals surface area contributed by atoms with Crippen molar-refractivity contribution in [3.8, 4) is 0 Å². The second kappa shape index (κ2) is 9.25. The van der Waals surface area contributed by atoms with E-state index in [2.05, 4.69) is 5.32 Å². The van der Waals surface area contributed by atoms with Crippen LogP contribution in [0.3, 0.4) is 0 Å². The van der Waals surface area contributed by atoms with Crippen LogP contribution in [0, 0.1) is 5.82 Å². The second-order valence-electron chi connectivity index (χ2n) is 9.55. The standard InChI is InChI=1S/C26H28FN5O4/c1-29(2)20-6-4-3-5-17(20)25(35)31-11-9-30(10-12-31)22-13-16-15-32(26(36)18(16)14-19(22)27)21-7-8-23(33)28-24(21)34/h3-6,13-14,21H,7-12,15H2,1-2H3,(H,28,33,34). The van der Waals surface area contributed by atoms with E-state index in [0.29, 0.717) is 43.0 Å². The van der Waals surface area contributed by atoms with E-state index in [0.717, 1.165) is 5.69 Å². The Labute approximate surface area is 208 Å². The average molecular weight is 494 g/mol. The van der Waals surface area contributed by atoms with Crippen molar-refractivity contribution in [3.63, 3.8) is 0 Å². The SMILES string of the molecule is CN(C)c1ccccc1C(=O)N1CCN(c2cc3c(cc2F)C(=O)N(C2CCC(=O)NC2=O)C3)CC1. The molecule has 2 aromatic rings. The highest BCUT2D eigenvalue weighted by Gasteiger charge is 2.40. The van der Waals surface area contributed by atoms with Crippen LogP contribution in [-0.2, 0) is 16.1 Å². The number of benzene rings is 2. The van der Waals surface area contributed by atoms with E-state index in [4.69, 9.17) is 0 Å². The van der Waals surface area contributed by atoms with E-state index in [1.165, 1.54) is 11.0 Å². The molecule has 4 amide bonds. The molecule has 0 bridgehead atoms. The maximum atomic E-state index is 15.1. The number of anilines is 2. The summed E-state index contributed by atoms with van der Waals surface area (Å²) in [5, 5.41) is 2.27. The fourth-order valence-electron chi connectivity index (χ4n) is 5.18. The summed E-state index contributed by atoms with van der Waals surface area (Å²) in [4.78, 5) is 56.8. The summed E-state index contributed by atoms with van der Waals surface area (Å²) in [6.45, 7) is 1.98. The molecule has 1 unspecified atom stereocenters. The molecule has 0 spiro atoms. The molecule has 0 aromatic heterocycles. The highest BCUT2D eigenvalue weighted by atomic mass is 19.1. The number of para-hydroxylation sites is 1. The summed E-state index contributed by atoms with van der Waals surface area (Å²) < 4.78 is 15.1. The molecule has 2 saturated heterocycles. The van der Waals surface area contributed by atoms with Crippen LogP contribution in [0.4, 0.5) is 15.8 Å². The Kier molecular flexibility index (Phi) is 6.11. The summed E-state index contributed by atoms with van der Waals surface area (Å²) in [7, 11) is 3.79. The number of amides is 4. The van der Waals surface area contributed by atoms with Crippen molar-refractivity contribution >= 4 is 35.0 Å². The molecule has 9 nitrogen and oxygen atoms in total. The molecule has 0 radical (unpaired) electrons. The summed E-state index contributed by atoms with van der Waals surface area (Å²) in [6, 6.07) is 9.63. The first-order valence-electron chi connectivity index (χ1n) is 12.0. The predicted molar refractivity (Wildman–Crippen MR) is 131 cm³/mol. The maximum Gasteiger partial charge on any atom is 0.256 e. The summed E-state index contributed by atoms with van der Waals surface area (Å²) in [5.74, 6) is -1.81. The van der Waals surface area contributed by atoms with Gasteiger partial charge in [-0.15, -0.1) is 0 Å². The third-order valence-corrected chi connectivity index (χ3v) is 7.11. The first kappa shape index (κ1) is 23.8. The molecular formula is C26H28FN5O4. The van der Waals surface area contributed by atoms with Gasteiger partial charge in [-0.3, -0.25) is 24.5 Å². The van der Waals surface area contributed by atoms with Crippen LogP contribution in [0.1, 0.15) is 39.1 Å². The lowest BCUT2D eigenvalue weighted by molar-refractivity contribution is -0.136. The summed E-state index contributed by atoms with van der Waals surface area (Å²) in [5.41, 5.74) is 2.76. The number of rotatable bonds is 4. The predicted octanol–water partition coefficient (Wildman–Crippen LogP) is 1.62. The number of halogens is 1. The maximum absolute atomic E-state index is 15.1. The first-order chi connectivity index (χ1) is 17.2. The van der Waals surface area contributed by atoms with Gasteiger partial charge < -0.3 is 19.6 Å². The molecule has 3 aliphatic rings. The molecule has 3 aliphatic heterocycles. The van der Waals surface area contributed by atoms with E-state index in [-0.39, 0.29) is 36.8 Å². The number of piperazine rings is 1. The first-order valence-corrected chi connectivity index (χ1v) is 12.0. The molecule has 1 N–H and O–H groups in total. The zero-order valence-corrected chi connectivity index (χ0v) is 20.3. The number of imide groups is 1. The molecule has 188 valence electrons. The molecule has 1 atom stereocenters. The van der Waals surface area contributed by atoms with Crippen molar-refractivity contribution in [2.75, 3.05) is 50.1 Å². The molecular weight excluding hydrogens is 465 g/mol. The number of carbonyl (C=O) groups is 4. The number of hydrogen-bond donors (Lipinski definition) is 1. The minimum absolute atomic E-state index is 0.0566. The molecule has 10 heteroatoms. The van der Waals surface area contributed by atoms with E-state index in [1.54, 1.807) is 11.0 Å². The van der Waals surface area contributed by atoms with Gasteiger partial charge in [0.15, 0.2) is 0 Å². The quantitative estimate of drug-likeness (QED) is 0.651. The minimum Gasteiger partial charge on any atom is -0.377 e. The van der Waals surface area contributed by atoms with Crippen LogP contribution in [0.5, 0.6) is 0 Å². The van der Waals surface area contributed by atoms with Gasteiger partial charge in [-0.1, -0.05) is 12.1 Å². The van der Waals surface area contributed by atoms with Gasteiger partial charge in [0.1, 0.15) is 11.9 Å². The number of nitrogens with one attached hydrogen (secondary N) is 1. The van der Waals surface area contributed by atoms with Crippen molar-refractivity contribution in [2.24, 2.45) is 0 Å². The van der Waals surface area contributed by atoms with Gasteiger partial charge in [0.05, 0.1) is 11.3 Å². The Bertz CT molecular complexity index is 1250. The van der Waals surface area contributed by atoms with Crippen LogP contribution >= 0.6 is 0 Å². The van der Waals surface area contributed by atoms with Crippen LogP contribution in [0.25, 0.3) is 0 Å². The highest BCUT2D eigenvalue weighted by molar-refractivity contribution is 6.05. The zero-order valence-electron chi connectivity index (χ0n) is 20.3. The Balaban J connectivity index is 1.29. The van der Waals surface area contributed by atoms with Gasteiger partial charge in [-0.25, -0.2) is 4.39 Å². The van der Waals surface area contributed by atoms with Gasteiger partial charge in [0.25, 0.3) is 11.8 Å². The van der Waals surface area contributed by atoms with Gasteiger partial charge in [-0.05, 0) is 36.2 Å². The third-order valence-electron chi connectivity index (χ3n) is 7.11. The number of piperidine rings is 1. The van der Waals surface area contributed by atoms with Gasteiger partial charge >= 0.3 is 0 Å². The minimum atomic E-state index is -0.742. The molecule has 0 saturated carbocycles. The van der Waals surface area contributed by atoms with Crippen LogP contribution in [0.2, 0.25) is 0 Å². The number of fused-ring (bicyclic) bond motifs is 1. The Morgan fingerprint density at radius 3 is 2.47 bits per heavy atom. The average Bonchev–Trinajstić information content (AvgIpc) is 3.18. The van der Waals surface area contributed by atoms with Crippen molar-refractivity contribution in [2.45, 2.75) is 25.4 Å². The molecule has 3 heterocycles. The second-order valence-corrected chi connectivity index (χ2v) is 9.55. The number of hydrogen-bond acceptors (Lipinski definition) is 6. The summed E-state index contributed by atoms with van der Waals surface area (Å²) in [6.07, 6.45) is 0.421. The Morgan fingerprint density at radius 2 is 1.78 bits per heavy atom.